The number of rotatable bonds is 5. The highest BCUT2D eigenvalue weighted by Gasteiger charge is 2.22. The average Bonchev–Trinajstić information content (AvgIpc) is 2.47. The van der Waals surface area contributed by atoms with Crippen LogP contribution in [0.4, 0.5) is 0 Å². The van der Waals surface area contributed by atoms with Gasteiger partial charge in [-0.3, -0.25) is 4.79 Å². The van der Waals surface area contributed by atoms with Gasteiger partial charge in [-0.2, -0.15) is 0 Å². The maximum atomic E-state index is 12.0. The third-order valence-corrected chi connectivity index (χ3v) is 3.57. The van der Waals surface area contributed by atoms with Crippen LogP contribution < -0.4 is 10.1 Å². The highest BCUT2D eigenvalue weighted by molar-refractivity contribution is 5.77. The Morgan fingerprint density at radius 2 is 2.00 bits per heavy atom. The molecule has 0 radical (unpaired) electrons. The molecule has 1 fully saturated rings. The lowest BCUT2D eigenvalue weighted by Crippen LogP contribution is -2.42. The first-order valence-corrected chi connectivity index (χ1v) is 6.90. The summed E-state index contributed by atoms with van der Waals surface area (Å²) in [5, 5.41) is 3.20. The molecule has 0 bridgehead atoms. The van der Waals surface area contributed by atoms with E-state index in [4.69, 9.17) is 4.74 Å². The van der Waals surface area contributed by atoms with Crippen LogP contribution in [0.25, 0.3) is 0 Å². The Kier molecular flexibility index (Phi) is 5.21. The van der Waals surface area contributed by atoms with E-state index in [0.717, 1.165) is 38.2 Å². The summed E-state index contributed by atoms with van der Waals surface area (Å²) in [5.74, 6) is 1.54. The monoisotopic (exact) mass is 262 g/mol. The molecule has 0 aliphatic carbocycles. The largest absolute Gasteiger partial charge is 0.484 e. The molecular weight excluding hydrogens is 240 g/mol. The topological polar surface area (TPSA) is 41.6 Å². The number of carbonyl (C=O) groups excluding carboxylic acids is 1. The Hall–Kier alpha value is -1.55. The number of hydrogen-bond acceptors (Lipinski definition) is 3. The van der Waals surface area contributed by atoms with Crippen LogP contribution in [0, 0.1) is 5.92 Å². The maximum Gasteiger partial charge on any atom is 0.260 e. The highest BCUT2D eigenvalue weighted by Crippen LogP contribution is 2.16. The normalized spacial score (nSPS) is 16.4. The van der Waals surface area contributed by atoms with Gasteiger partial charge in [-0.15, -0.1) is 0 Å². The predicted octanol–water partition coefficient (Wildman–Crippen LogP) is 1.52. The van der Waals surface area contributed by atoms with Gasteiger partial charge in [-0.05, 0) is 44.5 Å². The van der Waals surface area contributed by atoms with Crippen molar-refractivity contribution in [3.63, 3.8) is 0 Å². The molecule has 0 saturated carbocycles. The van der Waals surface area contributed by atoms with E-state index < -0.39 is 0 Å². The molecule has 1 amide bonds. The van der Waals surface area contributed by atoms with E-state index in [1.165, 1.54) is 0 Å². The zero-order valence-corrected chi connectivity index (χ0v) is 11.5. The SMILES string of the molecule is CNCC1CCN(C(=O)COc2ccccc2)CC1. The van der Waals surface area contributed by atoms with Gasteiger partial charge in [-0.1, -0.05) is 18.2 Å². The van der Waals surface area contributed by atoms with Crippen LogP contribution in [0.3, 0.4) is 0 Å². The van der Waals surface area contributed by atoms with Gasteiger partial charge >= 0.3 is 0 Å². The van der Waals surface area contributed by atoms with Gasteiger partial charge in [0.1, 0.15) is 5.75 Å². The third-order valence-electron chi connectivity index (χ3n) is 3.57. The van der Waals surface area contributed by atoms with Gasteiger partial charge in [0.2, 0.25) is 0 Å². The third kappa shape index (κ3) is 4.24. The van der Waals surface area contributed by atoms with Crippen molar-refractivity contribution in [1.29, 1.82) is 0 Å². The molecule has 1 saturated heterocycles. The van der Waals surface area contributed by atoms with Crippen molar-refractivity contribution in [2.45, 2.75) is 12.8 Å². The summed E-state index contributed by atoms with van der Waals surface area (Å²) < 4.78 is 5.49. The summed E-state index contributed by atoms with van der Waals surface area (Å²) in [6, 6.07) is 9.48. The fourth-order valence-electron chi connectivity index (χ4n) is 2.43. The second-order valence-corrected chi connectivity index (χ2v) is 4.98. The van der Waals surface area contributed by atoms with E-state index in [9.17, 15) is 4.79 Å². The van der Waals surface area contributed by atoms with E-state index >= 15 is 0 Å². The van der Waals surface area contributed by atoms with Crippen molar-refractivity contribution in [2.75, 3.05) is 33.3 Å². The van der Waals surface area contributed by atoms with Crippen molar-refractivity contribution in [1.82, 2.24) is 10.2 Å². The zero-order valence-electron chi connectivity index (χ0n) is 11.5. The predicted molar refractivity (Wildman–Crippen MR) is 75.2 cm³/mol. The van der Waals surface area contributed by atoms with Crippen molar-refractivity contribution in [2.24, 2.45) is 5.92 Å². The van der Waals surface area contributed by atoms with E-state index in [1.807, 2.05) is 42.3 Å². The molecule has 0 spiro atoms. The highest BCUT2D eigenvalue weighted by atomic mass is 16.5. The molecule has 1 aromatic rings. The van der Waals surface area contributed by atoms with Crippen LogP contribution in [0.5, 0.6) is 5.75 Å². The minimum absolute atomic E-state index is 0.0896. The number of carbonyl (C=O) groups is 1. The number of amides is 1. The number of ether oxygens (including phenoxy) is 1. The molecular formula is C15H22N2O2. The maximum absolute atomic E-state index is 12.0. The van der Waals surface area contributed by atoms with Gasteiger partial charge < -0.3 is 15.0 Å². The first-order valence-electron chi connectivity index (χ1n) is 6.90. The molecule has 1 heterocycles. The summed E-state index contributed by atoms with van der Waals surface area (Å²) in [6.07, 6.45) is 2.16. The number of nitrogens with one attached hydrogen (secondary N) is 1. The average molecular weight is 262 g/mol. The summed E-state index contributed by atoms with van der Waals surface area (Å²) in [7, 11) is 1.98. The van der Waals surface area contributed by atoms with Crippen molar-refractivity contribution in [3.8, 4) is 5.75 Å². The standard InChI is InChI=1S/C15H22N2O2/c1-16-11-13-7-9-17(10-8-13)15(18)12-19-14-5-3-2-4-6-14/h2-6,13,16H,7-12H2,1H3. The molecule has 1 aromatic carbocycles. The Morgan fingerprint density at radius 3 is 2.63 bits per heavy atom. The molecule has 19 heavy (non-hydrogen) atoms. The second kappa shape index (κ2) is 7.14. The molecule has 4 heteroatoms. The van der Waals surface area contributed by atoms with Gasteiger partial charge in [0.05, 0.1) is 0 Å². The molecule has 0 atom stereocenters. The molecule has 104 valence electrons. The molecule has 2 rings (SSSR count). The van der Waals surface area contributed by atoms with Crippen LogP contribution >= 0.6 is 0 Å². The van der Waals surface area contributed by atoms with Crippen LogP contribution in [0.2, 0.25) is 0 Å². The van der Waals surface area contributed by atoms with E-state index in [1.54, 1.807) is 0 Å². The fourth-order valence-corrected chi connectivity index (χ4v) is 2.43. The molecule has 1 N–H and O–H groups in total. The van der Waals surface area contributed by atoms with E-state index in [2.05, 4.69) is 5.32 Å². The van der Waals surface area contributed by atoms with E-state index in [0.29, 0.717) is 5.92 Å². The van der Waals surface area contributed by atoms with Crippen LogP contribution in [0.1, 0.15) is 12.8 Å². The van der Waals surface area contributed by atoms with Crippen LogP contribution in [0.15, 0.2) is 30.3 Å². The molecule has 1 aliphatic rings. The van der Waals surface area contributed by atoms with Crippen molar-refractivity contribution >= 4 is 5.91 Å². The Morgan fingerprint density at radius 1 is 1.32 bits per heavy atom. The molecule has 4 nitrogen and oxygen atoms in total. The molecule has 0 aromatic heterocycles. The number of nitrogens with zero attached hydrogens (tertiary/aromatic N) is 1. The molecule has 1 aliphatic heterocycles. The van der Waals surface area contributed by atoms with Gasteiger partial charge in [0.25, 0.3) is 5.91 Å². The fraction of sp³-hybridized carbons (Fsp3) is 0.533. The summed E-state index contributed by atoms with van der Waals surface area (Å²) in [4.78, 5) is 13.9. The number of benzene rings is 1. The second-order valence-electron chi connectivity index (χ2n) is 4.98. The minimum atomic E-state index is 0.0896. The zero-order chi connectivity index (χ0) is 13.5. The quantitative estimate of drug-likeness (QED) is 0.875. The van der Waals surface area contributed by atoms with Gasteiger partial charge in [0, 0.05) is 13.1 Å². The lowest BCUT2D eigenvalue weighted by molar-refractivity contribution is -0.134. The summed E-state index contributed by atoms with van der Waals surface area (Å²) >= 11 is 0. The summed E-state index contributed by atoms with van der Waals surface area (Å²) in [5.41, 5.74) is 0. The first kappa shape index (κ1) is 13.9. The van der Waals surface area contributed by atoms with Gasteiger partial charge in [0.15, 0.2) is 6.61 Å². The molecule has 0 unspecified atom stereocenters. The van der Waals surface area contributed by atoms with Crippen LogP contribution in [-0.4, -0.2) is 44.1 Å². The minimum Gasteiger partial charge on any atom is -0.484 e. The smallest absolute Gasteiger partial charge is 0.260 e. The Balaban J connectivity index is 1.73. The number of hydrogen-bond donors (Lipinski definition) is 1. The summed E-state index contributed by atoms with van der Waals surface area (Å²) in [6.45, 7) is 2.88. The number of piperidine rings is 1. The van der Waals surface area contributed by atoms with Gasteiger partial charge in [-0.25, -0.2) is 0 Å². The number of likely N-dealkylation sites (tertiary alicyclic amines) is 1. The lowest BCUT2D eigenvalue weighted by Gasteiger charge is -2.31. The Bertz CT molecular complexity index is 386. The van der Waals surface area contributed by atoms with Crippen LogP contribution in [-0.2, 0) is 4.79 Å². The Labute approximate surface area is 114 Å². The number of para-hydroxylation sites is 1. The first-order chi connectivity index (χ1) is 9.29. The van der Waals surface area contributed by atoms with Crippen molar-refractivity contribution in [3.05, 3.63) is 30.3 Å². The van der Waals surface area contributed by atoms with E-state index in [-0.39, 0.29) is 12.5 Å². The lowest BCUT2D eigenvalue weighted by atomic mass is 9.97. The van der Waals surface area contributed by atoms with Crippen molar-refractivity contribution < 1.29 is 9.53 Å².